The quantitative estimate of drug-likeness (QED) is 0.248. The number of aromatic nitrogens is 2. The molecule has 1 aliphatic rings. The fourth-order valence-corrected chi connectivity index (χ4v) is 4.76. The molecule has 1 aromatic heterocycles. The van der Waals surface area contributed by atoms with Crippen molar-refractivity contribution in [1.82, 2.24) is 10.2 Å². The molecule has 3 aromatic rings. The molecule has 0 aliphatic heterocycles. The Bertz CT molecular complexity index is 1690. The van der Waals surface area contributed by atoms with Crippen LogP contribution in [0.3, 0.4) is 0 Å². The predicted molar refractivity (Wildman–Crippen MR) is 173 cm³/mol. The van der Waals surface area contributed by atoms with Crippen molar-refractivity contribution in [3.8, 4) is 11.5 Å². The molecule has 0 saturated heterocycles. The molecule has 2 aromatic carbocycles. The van der Waals surface area contributed by atoms with Gasteiger partial charge in [0.25, 0.3) is 5.91 Å². The summed E-state index contributed by atoms with van der Waals surface area (Å²) in [5.74, 6) is -2.61. The summed E-state index contributed by atoms with van der Waals surface area (Å²) in [7, 11) is 0. The van der Waals surface area contributed by atoms with Crippen molar-refractivity contribution in [2.45, 2.75) is 52.4 Å². The van der Waals surface area contributed by atoms with Crippen molar-refractivity contribution in [2.24, 2.45) is 0 Å². The van der Waals surface area contributed by atoms with Crippen LogP contribution in [0.4, 0.5) is 18.9 Å². The van der Waals surface area contributed by atoms with Crippen molar-refractivity contribution in [3.05, 3.63) is 143 Å². The highest BCUT2D eigenvalue weighted by Gasteiger charge is 2.21. The molecule has 0 fully saturated rings. The molecular weight excluding hydrogens is 575 g/mol. The lowest BCUT2D eigenvalue weighted by Gasteiger charge is -2.18. The lowest BCUT2D eigenvalue weighted by Crippen LogP contribution is -2.15. The number of aryl methyl sites for hydroxylation is 1. The van der Waals surface area contributed by atoms with Crippen molar-refractivity contribution in [2.75, 3.05) is 5.32 Å². The maximum Gasteiger partial charge on any atom is 0.255 e. The zero-order chi connectivity index (χ0) is 32.2. The third-order valence-electron chi connectivity index (χ3n) is 7.08. The number of benzene rings is 2. The van der Waals surface area contributed by atoms with Gasteiger partial charge in [0.05, 0.1) is 11.9 Å². The van der Waals surface area contributed by atoms with E-state index in [0.29, 0.717) is 17.9 Å². The monoisotopic (exact) mass is 611 g/mol. The maximum absolute atomic E-state index is 15.4. The lowest BCUT2D eigenvalue weighted by atomic mass is 9.98. The number of anilines is 1. The largest absolute Gasteiger partial charge is 0.452 e. The van der Waals surface area contributed by atoms with E-state index in [1.807, 2.05) is 32.1 Å². The summed E-state index contributed by atoms with van der Waals surface area (Å²) in [6, 6.07) is 7.89. The molecule has 1 N–H and O–H groups in total. The molecule has 1 heterocycles. The third-order valence-corrected chi connectivity index (χ3v) is 7.08. The second kappa shape index (κ2) is 16.2. The first-order chi connectivity index (χ1) is 21.8. The molecule has 5 nitrogen and oxygen atoms in total. The number of carbonyl (C=O) groups excluding carboxylic acids is 1. The molecule has 1 unspecified atom stereocenters. The van der Waals surface area contributed by atoms with Gasteiger partial charge in [-0.1, -0.05) is 94.4 Å². The number of hydrogen-bond donors (Lipinski definition) is 1. The summed E-state index contributed by atoms with van der Waals surface area (Å²) >= 11 is 0. The summed E-state index contributed by atoms with van der Waals surface area (Å²) in [4.78, 5) is 13.2. The van der Waals surface area contributed by atoms with E-state index >= 15 is 8.78 Å². The second-order valence-corrected chi connectivity index (χ2v) is 10.6. The van der Waals surface area contributed by atoms with Crippen LogP contribution in [0.15, 0.2) is 109 Å². The Labute approximate surface area is 262 Å². The van der Waals surface area contributed by atoms with E-state index in [9.17, 15) is 9.18 Å². The highest BCUT2D eigenvalue weighted by atomic mass is 19.1. The topological polar surface area (TPSA) is 64.1 Å². The molecule has 1 atom stereocenters. The number of nitrogens with zero attached hydrogens (tertiary/aromatic N) is 2. The van der Waals surface area contributed by atoms with Crippen LogP contribution < -0.4 is 10.1 Å². The first-order valence-corrected chi connectivity index (χ1v) is 15.0. The summed E-state index contributed by atoms with van der Waals surface area (Å²) in [6.45, 7) is 6.07. The fourth-order valence-electron chi connectivity index (χ4n) is 4.76. The van der Waals surface area contributed by atoms with Crippen molar-refractivity contribution < 1.29 is 22.7 Å². The van der Waals surface area contributed by atoms with Gasteiger partial charge in [-0.25, -0.2) is 13.2 Å². The fraction of sp³-hybridized carbons (Fsp3) is 0.216. The Kier molecular flexibility index (Phi) is 11.8. The van der Waals surface area contributed by atoms with Crippen LogP contribution in [-0.2, 0) is 11.2 Å². The van der Waals surface area contributed by atoms with Gasteiger partial charge >= 0.3 is 0 Å². The molecular formula is C37H36F3N3O2. The number of nitrogens with one attached hydrogen (secondary N) is 1. The highest BCUT2D eigenvalue weighted by molar-refractivity contribution is 6.06. The number of ether oxygens (including phenoxy) is 1. The van der Waals surface area contributed by atoms with Gasteiger partial charge in [0.15, 0.2) is 23.1 Å². The van der Waals surface area contributed by atoms with Gasteiger partial charge in [-0.15, -0.1) is 0 Å². The molecule has 4 rings (SSSR count). The average Bonchev–Trinajstić information content (AvgIpc) is 3.01. The van der Waals surface area contributed by atoms with Gasteiger partial charge in [0.1, 0.15) is 11.5 Å². The van der Waals surface area contributed by atoms with Gasteiger partial charge in [0.2, 0.25) is 0 Å². The normalized spacial score (nSPS) is 13.8. The van der Waals surface area contributed by atoms with Gasteiger partial charge in [-0.05, 0) is 48.3 Å². The van der Waals surface area contributed by atoms with Crippen LogP contribution in [0, 0.1) is 17.5 Å². The smallest absolute Gasteiger partial charge is 0.255 e. The number of carbonyl (C=O) groups is 1. The summed E-state index contributed by atoms with van der Waals surface area (Å²) in [5, 5.41) is 10.8. The van der Waals surface area contributed by atoms with Crippen molar-refractivity contribution in [3.63, 3.8) is 0 Å². The van der Waals surface area contributed by atoms with Gasteiger partial charge < -0.3 is 10.1 Å². The molecule has 45 heavy (non-hydrogen) atoms. The van der Waals surface area contributed by atoms with E-state index in [0.717, 1.165) is 48.1 Å². The number of hydrogen-bond acceptors (Lipinski definition) is 4. The minimum atomic E-state index is -0.859. The SMILES string of the molecule is CCCc1cnnc(C(C)CCC)c1Oc1cc(F)c(NC(=O)C2=CC=CC(c3ccc(F)cc3)=CC=CC=CC=C2)cc1F. The Morgan fingerprint density at radius 2 is 1.64 bits per heavy atom. The number of amides is 1. The van der Waals surface area contributed by atoms with E-state index in [-0.39, 0.29) is 28.7 Å². The summed E-state index contributed by atoms with van der Waals surface area (Å²) in [5.41, 5.74) is 2.78. The molecule has 1 aliphatic carbocycles. The average molecular weight is 612 g/mol. The molecule has 1 amide bonds. The van der Waals surface area contributed by atoms with Gasteiger partial charge in [-0.2, -0.15) is 10.2 Å². The lowest BCUT2D eigenvalue weighted by molar-refractivity contribution is -0.112. The van der Waals surface area contributed by atoms with Crippen LogP contribution >= 0.6 is 0 Å². The minimum Gasteiger partial charge on any atom is -0.452 e. The van der Waals surface area contributed by atoms with E-state index in [4.69, 9.17) is 4.74 Å². The van der Waals surface area contributed by atoms with Crippen LogP contribution in [0.1, 0.15) is 62.8 Å². The number of halogens is 3. The van der Waals surface area contributed by atoms with E-state index < -0.39 is 17.5 Å². The van der Waals surface area contributed by atoms with E-state index in [1.165, 1.54) is 12.1 Å². The molecule has 0 radical (unpaired) electrons. The van der Waals surface area contributed by atoms with Crippen molar-refractivity contribution in [1.29, 1.82) is 0 Å². The zero-order valence-corrected chi connectivity index (χ0v) is 25.6. The standard InChI is InChI=1S/C37H36F3N3O2/c1-4-12-25(3)35-36(29(13-5-2)24-41-43-35)45-34-23-31(39)33(22-32(34)40)42-37(44)28-15-10-8-6-7-9-14-26(16-11-17-28)27-18-20-30(38)21-19-27/h6-11,14-25H,4-5,12-13H2,1-3H3,(H,42,44). The zero-order valence-electron chi connectivity index (χ0n) is 25.6. The van der Waals surface area contributed by atoms with Gasteiger partial charge in [-0.3, -0.25) is 4.79 Å². The molecule has 0 bridgehead atoms. The van der Waals surface area contributed by atoms with E-state index in [1.54, 1.807) is 60.9 Å². The van der Waals surface area contributed by atoms with Crippen molar-refractivity contribution >= 4 is 17.2 Å². The second-order valence-electron chi connectivity index (χ2n) is 10.6. The Balaban J connectivity index is 1.59. The highest BCUT2D eigenvalue weighted by Crippen LogP contribution is 2.36. The van der Waals surface area contributed by atoms with Crippen LogP contribution in [0.5, 0.6) is 11.5 Å². The molecule has 232 valence electrons. The minimum absolute atomic E-state index is 0.00947. The van der Waals surface area contributed by atoms with Gasteiger partial charge in [0, 0.05) is 29.2 Å². The maximum atomic E-state index is 15.4. The van der Waals surface area contributed by atoms with Crippen LogP contribution in [0.2, 0.25) is 0 Å². The first-order valence-electron chi connectivity index (χ1n) is 15.0. The molecule has 8 heteroatoms. The Morgan fingerprint density at radius 3 is 2.40 bits per heavy atom. The van der Waals surface area contributed by atoms with E-state index in [2.05, 4.69) is 22.4 Å². The van der Waals surface area contributed by atoms with Crippen LogP contribution in [0.25, 0.3) is 5.57 Å². The Hall–Kier alpha value is -4.98. The van der Waals surface area contributed by atoms with Crippen LogP contribution in [-0.4, -0.2) is 16.1 Å². The predicted octanol–water partition coefficient (Wildman–Crippen LogP) is 9.73. The third kappa shape index (κ3) is 9.01. The summed E-state index contributed by atoms with van der Waals surface area (Å²) in [6.07, 6.45) is 22.0. The first kappa shape index (κ1) is 32.9. The Morgan fingerprint density at radius 1 is 0.889 bits per heavy atom. The number of rotatable bonds is 10. The molecule has 0 saturated carbocycles. The number of allylic oxidation sites excluding steroid dienone is 10. The molecule has 0 spiro atoms. The summed E-state index contributed by atoms with van der Waals surface area (Å²) < 4.78 is 50.1.